The number of anilines is 1. The number of nitrogens with zero attached hydrogens (tertiary/aromatic N) is 1. The minimum absolute atomic E-state index is 0.0748. The van der Waals surface area contributed by atoms with Gasteiger partial charge in [0.05, 0.1) is 24.3 Å². The summed E-state index contributed by atoms with van der Waals surface area (Å²) in [6, 6.07) is 15.5. The van der Waals surface area contributed by atoms with Crippen LogP contribution in [-0.4, -0.2) is 23.9 Å². The van der Waals surface area contributed by atoms with Gasteiger partial charge in [-0.05, 0) is 77.9 Å². The number of aliphatic hydroxyl groups is 1. The zero-order valence-corrected chi connectivity index (χ0v) is 21.3. The highest BCUT2D eigenvalue weighted by Gasteiger charge is 2.47. The van der Waals surface area contributed by atoms with Crippen LogP contribution in [0, 0.1) is 19.7 Å². The maximum absolute atomic E-state index is 13.8. The van der Waals surface area contributed by atoms with Crippen LogP contribution in [0.25, 0.3) is 5.76 Å². The smallest absolute Gasteiger partial charge is 0.300 e. The molecule has 36 heavy (non-hydrogen) atoms. The first-order valence-electron chi connectivity index (χ1n) is 11.8. The molecule has 1 aliphatic rings. The van der Waals surface area contributed by atoms with Gasteiger partial charge in [0.15, 0.2) is 0 Å². The number of aryl methyl sites for hydroxylation is 2. The van der Waals surface area contributed by atoms with Crippen LogP contribution in [-0.2, 0) is 15.0 Å². The number of rotatable bonds is 4. The molecule has 3 aromatic carbocycles. The maximum atomic E-state index is 13.8. The number of aliphatic hydroxyl groups excluding tert-OH is 1. The maximum Gasteiger partial charge on any atom is 0.300 e. The topological polar surface area (TPSA) is 66.8 Å². The molecule has 3 aromatic rings. The molecule has 0 bridgehead atoms. The summed E-state index contributed by atoms with van der Waals surface area (Å²) in [6.07, 6.45) is 0. The summed E-state index contributed by atoms with van der Waals surface area (Å²) in [5.41, 5.74) is 3.94. The fourth-order valence-electron chi connectivity index (χ4n) is 4.44. The van der Waals surface area contributed by atoms with Crippen molar-refractivity contribution in [1.29, 1.82) is 0 Å². The molecular formula is C30H30FNO4. The third kappa shape index (κ3) is 4.39. The van der Waals surface area contributed by atoms with Crippen molar-refractivity contribution in [1.82, 2.24) is 0 Å². The number of carbonyl (C=O) groups excluding carboxylic acids is 2. The minimum Gasteiger partial charge on any atom is -0.507 e. The number of Topliss-reactive ketones (excluding diaryl/α,β-unsaturated/α-hetero) is 1. The second kappa shape index (κ2) is 9.26. The first kappa shape index (κ1) is 25.2. The molecule has 0 aliphatic carbocycles. The number of hydrogen-bond acceptors (Lipinski definition) is 4. The summed E-state index contributed by atoms with van der Waals surface area (Å²) in [6.45, 7) is 9.99. The van der Waals surface area contributed by atoms with Gasteiger partial charge in [-0.3, -0.25) is 14.5 Å². The molecule has 1 aliphatic heterocycles. The van der Waals surface area contributed by atoms with Crippen molar-refractivity contribution in [3.8, 4) is 5.75 Å². The van der Waals surface area contributed by atoms with Gasteiger partial charge >= 0.3 is 0 Å². The van der Waals surface area contributed by atoms with E-state index in [1.807, 2.05) is 52.8 Å². The van der Waals surface area contributed by atoms with E-state index >= 15 is 0 Å². The Labute approximate surface area is 210 Å². The third-order valence-corrected chi connectivity index (χ3v) is 6.72. The number of carbonyl (C=O) groups is 2. The van der Waals surface area contributed by atoms with Crippen molar-refractivity contribution >= 4 is 23.1 Å². The van der Waals surface area contributed by atoms with Crippen LogP contribution in [0.1, 0.15) is 54.6 Å². The van der Waals surface area contributed by atoms with Crippen molar-refractivity contribution in [2.24, 2.45) is 0 Å². The van der Waals surface area contributed by atoms with Crippen LogP contribution in [0.5, 0.6) is 5.75 Å². The number of halogens is 1. The zero-order valence-electron chi connectivity index (χ0n) is 21.3. The molecule has 5 nitrogen and oxygen atoms in total. The summed E-state index contributed by atoms with van der Waals surface area (Å²) >= 11 is 0. The summed E-state index contributed by atoms with van der Waals surface area (Å²) in [5.74, 6) is -1.99. The average Bonchev–Trinajstić information content (AvgIpc) is 3.10. The van der Waals surface area contributed by atoms with Crippen LogP contribution < -0.4 is 9.64 Å². The lowest BCUT2D eigenvalue weighted by Gasteiger charge is -2.26. The normalized spacial score (nSPS) is 17.5. The number of benzene rings is 3. The SMILES string of the molecule is COc1ccc(C(C)(C)C)cc1/C(O)=C1\C(=O)C(=O)N(c2ccc(C)c(C)c2)C1c1ccc(F)cc1. The van der Waals surface area contributed by atoms with Crippen LogP contribution >= 0.6 is 0 Å². The number of hydrogen-bond donors (Lipinski definition) is 1. The van der Waals surface area contributed by atoms with Crippen molar-refractivity contribution < 1.29 is 23.8 Å². The Balaban J connectivity index is 2.00. The molecule has 1 heterocycles. The van der Waals surface area contributed by atoms with Gasteiger partial charge in [0, 0.05) is 5.69 Å². The molecule has 4 rings (SSSR count). The van der Waals surface area contributed by atoms with E-state index < -0.39 is 23.5 Å². The van der Waals surface area contributed by atoms with Gasteiger partial charge in [-0.2, -0.15) is 0 Å². The van der Waals surface area contributed by atoms with E-state index in [2.05, 4.69) is 0 Å². The van der Waals surface area contributed by atoms with Gasteiger partial charge in [-0.25, -0.2) is 4.39 Å². The second-order valence-electron chi connectivity index (χ2n) is 10.2. The molecule has 1 N–H and O–H groups in total. The van der Waals surface area contributed by atoms with Gasteiger partial charge in [0.2, 0.25) is 0 Å². The Morgan fingerprint density at radius 3 is 2.19 bits per heavy atom. The van der Waals surface area contributed by atoms with E-state index in [4.69, 9.17) is 4.74 Å². The molecule has 1 amide bonds. The summed E-state index contributed by atoms with van der Waals surface area (Å²) in [4.78, 5) is 28.2. The fourth-order valence-corrected chi connectivity index (χ4v) is 4.44. The number of amides is 1. The molecule has 6 heteroatoms. The number of ketones is 1. The van der Waals surface area contributed by atoms with Crippen LogP contribution in [0.15, 0.2) is 66.2 Å². The van der Waals surface area contributed by atoms with Gasteiger partial charge < -0.3 is 9.84 Å². The monoisotopic (exact) mass is 487 g/mol. The lowest BCUT2D eigenvalue weighted by molar-refractivity contribution is -0.132. The van der Waals surface area contributed by atoms with Crippen molar-refractivity contribution in [3.05, 3.63) is 99.9 Å². The largest absolute Gasteiger partial charge is 0.507 e. The third-order valence-electron chi connectivity index (χ3n) is 6.72. The first-order chi connectivity index (χ1) is 16.9. The molecule has 1 saturated heterocycles. The molecule has 0 radical (unpaired) electrons. The van der Waals surface area contributed by atoms with E-state index in [1.165, 1.54) is 36.3 Å². The van der Waals surface area contributed by atoms with E-state index in [0.29, 0.717) is 22.6 Å². The van der Waals surface area contributed by atoms with Gasteiger partial charge in [0.25, 0.3) is 11.7 Å². The van der Waals surface area contributed by atoms with Crippen LogP contribution in [0.3, 0.4) is 0 Å². The van der Waals surface area contributed by atoms with Crippen LogP contribution in [0.4, 0.5) is 10.1 Å². The minimum atomic E-state index is -0.948. The summed E-state index contributed by atoms with van der Waals surface area (Å²) in [5, 5.41) is 11.6. The summed E-state index contributed by atoms with van der Waals surface area (Å²) < 4.78 is 19.3. The van der Waals surface area contributed by atoms with Crippen molar-refractivity contribution in [2.75, 3.05) is 12.0 Å². The zero-order chi connectivity index (χ0) is 26.4. The molecule has 1 unspecified atom stereocenters. The highest BCUT2D eigenvalue weighted by atomic mass is 19.1. The Hall–Kier alpha value is -3.93. The summed E-state index contributed by atoms with van der Waals surface area (Å²) in [7, 11) is 1.48. The second-order valence-corrected chi connectivity index (χ2v) is 10.2. The molecule has 1 atom stereocenters. The van der Waals surface area contributed by atoms with E-state index in [-0.39, 0.29) is 16.7 Å². The van der Waals surface area contributed by atoms with Gasteiger partial charge in [-0.1, -0.05) is 45.0 Å². The van der Waals surface area contributed by atoms with Gasteiger partial charge in [0.1, 0.15) is 17.3 Å². The average molecular weight is 488 g/mol. The fraction of sp³-hybridized carbons (Fsp3) is 0.267. The first-order valence-corrected chi connectivity index (χ1v) is 11.8. The molecule has 0 aromatic heterocycles. The predicted molar refractivity (Wildman–Crippen MR) is 139 cm³/mol. The highest BCUT2D eigenvalue weighted by Crippen LogP contribution is 2.44. The van der Waals surface area contributed by atoms with E-state index in [1.54, 1.807) is 18.2 Å². The van der Waals surface area contributed by atoms with E-state index in [9.17, 15) is 19.1 Å². The Morgan fingerprint density at radius 2 is 1.61 bits per heavy atom. The number of methoxy groups -OCH3 is 1. The Bertz CT molecular complexity index is 1380. The quantitative estimate of drug-likeness (QED) is 0.264. The van der Waals surface area contributed by atoms with E-state index in [0.717, 1.165) is 16.7 Å². The molecule has 1 fully saturated rings. The molecule has 186 valence electrons. The van der Waals surface area contributed by atoms with Gasteiger partial charge in [-0.15, -0.1) is 0 Å². The lowest BCUT2D eigenvalue weighted by Crippen LogP contribution is -2.29. The predicted octanol–water partition coefficient (Wildman–Crippen LogP) is 6.37. The Morgan fingerprint density at radius 1 is 0.944 bits per heavy atom. The molecular weight excluding hydrogens is 457 g/mol. The highest BCUT2D eigenvalue weighted by molar-refractivity contribution is 6.51. The Kier molecular flexibility index (Phi) is 6.48. The van der Waals surface area contributed by atoms with Crippen molar-refractivity contribution in [3.63, 3.8) is 0 Å². The van der Waals surface area contributed by atoms with Crippen LogP contribution in [0.2, 0.25) is 0 Å². The standard InChI is InChI=1S/C30H30FNO4/c1-17-7-13-22(15-18(17)2)32-26(19-8-11-21(31)12-9-19)25(28(34)29(32)35)27(33)23-16-20(30(3,4)5)10-14-24(23)36-6/h7-16,26,33H,1-6H3/b27-25+. The molecule has 0 spiro atoms. The lowest BCUT2D eigenvalue weighted by atomic mass is 9.85. The van der Waals surface area contributed by atoms with Crippen molar-refractivity contribution in [2.45, 2.75) is 46.1 Å². The number of ether oxygens (including phenoxy) is 1. The molecule has 0 saturated carbocycles.